The Kier molecular flexibility index (Phi) is 6.97. The van der Waals surface area contributed by atoms with Gasteiger partial charge >= 0.3 is 0 Å². The molecular weight excluding hydrogens is 388 g/mol. The second-order valence-electron chi connectivity index (χ2n) is 7.17. The number of Topliss-reactive ketones (excluding diaryl/α,β-unsaturated/α-hetero) is 1. The highest BCUT2D eigenvalue weighted by molar-refractivity contribution is 7.90. The molecule has 1 atom stereocenters. The van der Waals surface area contributed by atoms with Crippen molar-refractivity contribution < 1.29 is 18.8 Å². The van der Waals surface area contributed by atoms with Gasteiger partial charge in [-0.05, 0) is 39.8 Å². The number of nitrogens with zero attached hydrogens (tertiary/aromatic N) is 1. The number of ether oxygens (including phenoxy) is 2. The maximum Gasteiger partial charge on any atom is 0.224 e. The Labute approximate surface area is 167 Å². The summed E-state index contributed by atoms with van der Waals surface area (Å²) in [6.07, 6.45) is 0.541. The number of carbonyl (C=O) groups excluding carboxylic acids is 1. The van der Waals surface area contributed by atoms with Crippen molar-refractivity contribution in [2.45, 2.75) is 51.4 Å². The fourth-order valence-corrected chi connectivity index (χ4v) is 3.03. The van der Waals surface area contributed by atoms with Crippen molar-refractivity contribution in [3.63, 3.8) is 0 Å². The number of hydrogen-bond acceptors (Lipinski definition) is 6. The summed E-state index contributed by atoms with van der Waals surface area (Å²) in [4.78, 5) is 17.2. The van der Waals surface area contributed by atoms with E-state index in [0.29, 0.717) is 33.7 Å². The third-order valence-electron chi connectivity index (χ3n) is 4.19. The van der Waals surface area contributed by atoms with Crippen molar-refractivity contribution in [1.29, 1.82) is 0 Å². The van der Waals surface area contributed by atoms with Crippen molar-refractivity contribution in [3.8, 4) is 11.6 Å². The Morgan fingerprint density at radius 3 is 2.59 bits per heavy atom. The van der Waals surface area contributed by atoms with Gasteiger partial charge in [0.25, 0.3) is 0 Å². The van der Waals surface area contributed by atoms with E-state index in [1.54, 1.807) is 32.0 Å². The summed E-state index contributed by atoms with van der Waals surface area (Å²) < 4.78 is 21.9. The second-order valence-corrected chi connectivity index (χ2v) is 9.27. The molecule has 0 aliphatic heterocycles. The molecule has 0 saturated carbocycles. The van der Waals surface area contributed by atoms with Crippen molar-refractivity contribution in [2.75, 3.05) is 7.11 Å². The second kappa shape index (κ2) is 8.65. The monoisotopic (exact) mass is 412 g/mol. The van der Waals surface area contributed by atoms with Crippen LogP contribution in [0.1, 0.15) is 50.9 Å². The number of methoxy groups -OCH3 is 1. The van der Waals surface area contributed by atoms with Gasteiger partial charge in [-0.2, -0.15) is 5.14 Å². The Balaban J connectivity index is 2.38. The van der Waals surface area contributed by atoms with Crippen LogP contribution in [0.15, 0.2) is 18.2 Å². The van der Waals surface area contributed by atoms with Crippen molar-refractivity contribution in [3.05, 3.63) is 28.8 Å². The molecule has 148 valence electrons. The zero-order chi connectivity index (χ0) is 20.4. The van der Waals surface area contributed by atoms with E-state index in [2.05, 4.69) is 4.98 Å². The third kappa shape index (κ3) is 5.25. The lowest BCUT2D eigenvalue weighted by molar-refractivity contribution is 0.0973. The van der Waals surface area contributed by atoms with Crippen molar-refractivity contribution in [1.82, 2.24) is 4.98 Å². The van der Waals surface area contributed by atoms with E-state index in [1.165, 1.54) is 7.11 Å². The van der Waals surface area contributed by atoms with Crippen LogP contribution in [0.25, 0.3) is 10.9 Å². The molecule has 1 aromatic carbocycles. The fraction of sp³-hybridized carbons (Fsp3) is 0.474. The molecule has 1 heterocycles. The summed E-state index contributed by atoms with van der Waals surface area (Å²) in [5.74, 6) is 0.607. The molecule has 2 N–H and O–H groups in total. The van der Waals surface area contributed by atoms with Gasteiger partial charge in [-0.3, -0.25) is 4.79 Å². The average Bonchev–Trinajstić information content (AvgIpc) is 2.58. The number of halogens is 1. The standard InChI is InChI=1S/C19H25ClN2O4S/c1-11(2)26-17-10-15-12(9-14(17)20)8-13(18(22-15)25-5)16(23)6-7-19(3,4)27(21)24/h8-11H,6-7,21H2,1-5H3/t27-/m1/s1. The van der Waals surface area contributed by atoms with Crippen molar-refractivity contribution >= 4 is 39.6 Å². The summed E-state index contributed by atoms with van der Waals surface area (Å²) in [6.45, 7) is 7.35. The van der Waals surface area contributed by atoms with E-state index in [9.17, 15) is 9.35 Å². The molecule has 27 heavy (non-hydrogen) atoms. The molecule has 0 amide bonds. The topological polar surface area (TPSA) is 97.5 Å². The lowest BCUT2D eigenvalue weighted by atomic mass is 10.00. The summed E-state index contributed by atoms with van der Waals surface area (Å²) in [5, 5.41) is 6.64. The minimum absolute atomic E-state index is 0.0286. The molecule has 2 rings (SSSR count). The van der Waals surface area contributed by atoms with Crippen LogP contribution in [0.3, 0.4) is 0 Å². The minimum Gasteiger partial charge on any atom is -0.598 e. The summed E-state index contributed by atoms with van der Waals surface area (Å²) in [5.41, 5.74) is 0.976. The van der Waals surface area contributed by atoms with E-state index in [4.69, 9.17) is 26.2 Å². The number of aromatic nitrogens is 1. The first kappa shape index (κ1) is 21.8. The van der Waals surface area contributed by atoms with Gasteiger partial charge in [-0.15, -0.1) is 0 Å². The first-order valence-corrected chi connectivity index (χ1v) is 10.2. The lowest BCUT2D eigenvalue weighted by Gasteiger charge is -2.23. The summed E-state index contributed by atoms with van der Waals surface area (Å²) >= 11 is 4.77. The first-order valence-electron chi connectivity index (χ1n) is 8.59. The molecular formula is C19H25ClN2O4S. The predicted octanol–water partition coefficient (Wildman–Crippen LogP) is 4.05. The largest absolute Gasteiger partial charge is 0.598 e. The number of rotatable bonds is 8. The number of nitrogens with two attached hydrogens (primary N) is 1. The Morgan fingerprint density at radius 2 is 2.04 bits per heavy atom. The highest BCUT2D eigenvalue weighted by atomic mass is 35.5. The van der Waals surface area contributed by atoms with E-state index in [0.717, 1.165) is 0 Å². The number of benzene rings is 1. The first-order chi connectivity index (χ1) is 12.5. The lowest BCUT2D eigenvalue weighted by Crippen LogP contribution is -2.38. The molecule has 0 spiro atoms. The molecule has 0 unspecified atom stereocenters. The van der Waals surface area contributed by atoms with Crippen LogP contribution in [0.2, 0.25) is 5.02 Å². The zero-order valence-corrected chi connectivity index (χ0v) is 17.7. The molecule has 0 fully saturated rings. The Bertz CT molecular complexity index is 840. The van der Waals surface area contributed by atoms with E-state index in [1.807, 2.05) is 13.8 Å². The molecule has 0 aliphatic rings. The molecule has 2 aromatic rings. The maximum atomic E-state index is 12.7. The van der Waals surface area contributed by atoms with Gasteiger partial charge in [-0.25, -0.2) is 4.98 Å². The van der Waals surface area contributed by atoms with Crippen LogP contribution < -0.4 is 14.6 Å². The molecule has 0 bridgehead atoms. The smallest absolute Gasteiger partial charge is 0.224 e. The normalized spacial score (nSPS) is 13.1. The highest BCUT2D eigenvalue weighted by Crippen LogP contribution is 2.33. The van der Waals surface area contributed by atoms with Crippen molar-refractivity contribution in [2.24, 2.45) is 5.14 Å². The van der Waals surface area contributed by atoms with Crippen LogP contribution >= 0.6 is 11.6 Å². The quantitative estimate of drug-likeness (QED) is 0.518. The molecule has 0 aliphatic carbocycles. The van der Waals surface area contributed by atoms with Gasteiger partial charge in [-0.1, -0.05) is 11.6 Å². The van der Waals surface area contributed by atoms with Crippen LogP contribution in [0, 0.1) is 0 Å². The van der Waals surface area contributed by atoms with Gasteiger partial charge in [0.1, 0.15) is 10.5 Å². The van der Waals surface area contributed by atoms with Crippen LogP contribution in [-0.2, 0) is 11.4 Å². The van der Waals surface area contributed by atoms with Gasteiger partial charge in [0.15, 0.2) is 5.78 Å². The molecule has 0 radical (unpaired) electrons. The van der Waals surface area contributed by atoms with Crippen LogP contribution in [0.5, 0.6) is 11.6 Å². The number of carbonyl (C=O) groups is 1. The molecule has 0 saturated heterocycles. The average molecular weight is 413 g/mol. The Morgan fingerprint density at radius 1 is 1.37 bits per heavy atom. The number of fused-ring (bicyclic) bond motifs is 1. The maximum absolute atomic E-state index is 12.7. The Hall–Kier alpha value is -1.54. The van der Waals surface area contributed by atoms with E-state index in [-0.39, 0.29) is 24.2 Å². The van der Waals surface area contributed by atoms with Gasteiger partial charge in [0.2, 0.25) is 5.88 Å². The van der Waals surface area contributed by atoms with E-state index < -0.39 is 16.1 Å². The van der Waals surface area contributed by atoms with Gasteiger partial charge in [0.05, 0.1) is 29.3 Å². The molecule has 8 heteroatoms. The molecule has 6 nitrogen and oxygen atoms in total. The summed E-state index contributed by atoms with van der Waals surface area (Å²) in [6, 6.07) is 5.16. The highest BCUT2D eigenvalue weighted by Gasteiger charge is 2.31. The fourth-order valence-electron chi connectivity index (χ4n) is 2.51. The van der Waals surface area contributed by atoms with Crippen LogP contribution in [-0.4, -0.2) is 33.3 Å². The molecule has 1 aromatic heterocycles. The number of hydrogen-bond donors (Lipinski definition) is 1. The van der Waals surface area contributed by atoms with E-state index >= 15 is 0 Å². The SMILES string of the molecule is COc1nc2cc(OC(C)C)c(Cl)cc2cc1C(=O)CCC(C)(C)[S@+](N)[O-]. The van der Waals surface area contributed by atoms with Crippen LogP contribution in [0.4, 0.5) is 0 Å². The van der Waals surface area contributed by atoms with Gasteiger partial charge < -0.3 is 14.0 Å². The minimum atomic E-state index is -1.52. The number of ketones is 1. The predicted molar refractivity (Wildman–Crippen MR) is 109 cm³/mol. The number of pyridine rings is 1. The van der Waals surface area contributed by atoms with Gasteiger partial charge in [0, 0.05) is 35.7 Å². The third-order valence-corrected chi connectivity index (χ3v) is 5.78. The zero-order valence-electron chi connectivity index (χ0n) is 16.2. The summed E-state index contributed by atoms with van der Waals surface area (Å²) in [7, 11) is 1.46.